The number of carbonyl (C=O) groups excluding carboxylic acids is 1. The summed E-state index contributed by atoms with van der Waals surface area (Å²) in [5.41, 5.74) is 6.60. The Morgan fingerprint density at radius 3 is 2.81 bits per heavy atom. The first-order valence-corrected chi connectivity index (χ1v) is 7.69. The van der Waals surface area contributed by atoms with Crippen LogP contribution in [0.5, 0.6) is 0 Å². The highest BCUT2D eigenvalue weighted by atomic mass is 32.1. The lowest BCUT2D eigenvalue weighted by Crippen LogP contribution is -2.28. The highest BCUT2D eigenvalue weighted by molar-refractivity contribution is 7.21. The van der Waals surface area contributed by atoms with Gasteiger partial charge in [0.25, 0.3) is 5.91 Å². The molecule has 1 aromatic heterocycles. The average molecular weight is 307 g/mol. The normalized spacial score (nSPS) is 11.2. The van der Waals surface area contributed by atoms with Crippen molar-refractivity contribution in [3.8, 4) is 0 Å². The van der Waals surface area contributed by atoms with Gasteiger partial charge in [-0.05, 0) is 20.2 Å². The van der Waals surface area contributed by atoms with E-state index in [4.69, 9.17) is 10.5 Å². The zero-order chi connectivity index (χ0) is 15.2. The minimum atomic E-state index is -0.134. The third kappa shape index (κ3) is 4.17. The summed E-state index contributed by atoms with van der Waals surface area (Å²) in [6.07, 6.45) is 0. The van der Waals surface area contributed by atoms with Crippen LogP contribution in [-0.2, 0) is 4.74 Å². The summed E-state index contributed by atoms with van der Waals surface area (Å²) in [7, 11) is 3.99. The Labute approximate surface area is 128 Å². The minimum Gasteiger partial charge on any atom is -0.397 e. The van der Waals surface area contributed by atoms with E-state index < -0.39 is 0 Å². The molecule has 0 atom stereocenters. The van der Waals surface area contributed by atoms with Crippen molar-refractivity contribution in [1.82, 2.24) is 10.2 Å². The van der Waals surface area contributed by atoms with Gasteiger partial charge in [-0.15, -0.1) is 11.3 Å². The van der Waals surface area contributed by atoms with E-state index in [9.17, 15) is 4.79 Å². The molecule has 2 rings (SSSR count). The van der Waals surface area contributed by atoms with Gasteiger partial charge in [0.2, 0.25) is 0 Å². The Morgan fingerprint density at radius 2 is 2.10 bits per heavy atom. The number of ether oxygens (including phenoxy) is 1. The SMILES string of the molecule is CN(C)CCOCCNC(=O)c1sc2ccccc2c1N. The molecular formula is C15H21N3O2S. The first-order valence-electron chi connectivity index (χ1n) is 6.87. The number of carbonyl (C=O) groups is 1. The zero-order valence-electron chi connectivity index (χ0n) is 12.4. The van der Waals surface area contributed by atoms with E-state index in [0.717, 1.165) is 16.6 Å². The summed E-state index contributed by atoms with van der Waals surface area (Å²) >= 11 is 1.42. The Morgan fingerprint density at radius 1 is 1.33 bits per heavy atom. The van der Waals surface area contributed by atoms with Gasteiger partial charge in [-0.2, -0.15) is 0 Å². The molecule has 0 aliphatic heterocycles. The van der Waals surface area contributed by atoms with Crippen LogP contribution in [0.2, 0.25) is 0 Å². The van der Waals surface area contributed by atoms with Gasteiger partial charge in [0.05, 0.1) is 18.9 Å². The highest BCUT2D eigenvalue weighted by Gasteiger charge is 2.15. The predicted molar refractivity (Wildman–Crippen MR) is 87.9 cm³/mol. The number of amides is 1. The van der Waals surface area contributed by atoms with Gasteiger partial charge >= 0.3 is 0 Å². The molecule has 0 saturated heterocycles. The summed E-state index contributed by atoms with van der Waals surface area (Å²) in [5.74, 6) is -0.134. The number of likely N-dealkylation sites (N-methyl/N-ethyl adjacent to an activating group) is 1. The van der Waals surface area contributed by atoms with Gasteiger partial charge in [-0.25, -0.2) is 0 Å². The van der Waals surface area contributed by atoms with Crippen LogP contribution in [0.4, 0.5) is 5.69 Å². The molecule has 0 spiro atoms. The molecule has 21 heavy (non-hydrogen) atoms. The molecule has 0 fully saturated rings. The molecule has 0 unspecified atom stereocenters. The third-order valence-electron chi connectivity index (χ3n) is 3.05. The standard InChI is InChI=1S/C15H21N3O2S/c1-18(2)8-10-20-9-7-17-15(19)14-13(16)11-5-3-4-6-12(11)21-14/h3-6H,7-10,16H2,1-2H3,(H,17,19). The zero-order valence-corrected chi connectivity index (χ0v) is 13.2. The number of thiophene rings is 1. The Bertz CT molecular complexity index is 610. The van der Waals surface area contributed by atoms with Crippen molar-refractivity contribution in [1.29, 1.82) is 0 Å². The molecule has 1 heterocycles. The van der Waals surface area contributed by atoms with Gasteiger partial charge < -0.3 is 20.7 Å². The van der Waals surface area contributed by atoms with Gasteiger partial charge in [0.1, 0.15) is 4.88 Å². The fourth-order valence-electron chi connectivity index (χ4n) is 1.90. The van der Waals surface area contributed by atoms with E-state index in [1.807, 2.05) is 38.4 Å². The predicted octanol–water partition coefficient (Wildman–Crippen LogP) is 1.79. The number of nitrogens with zero attached hydrogens (tertiary/aromatic N) is 1. The molecule has 1 amide bonds. The minimum absolute atomic E-state index is 0.134. The van der Waals surface area contributed by atoms with Crippen LogP contribution < -0.4 is 11.1 Å². The maximum Gasteiger partial charge on any atom is 0.263 e. The Balaban J connectivity index is 1.84. The number of nitrogens with two attached hydrogens (primary N) is 1. The maximum atomic E-state index is 12.1. The number of hydrogen-bond acceptors (Lipinski definition) is 5. The van der Waals surface area contributed by atoms with Crippen LogP contribution in [0, 0.1) is 0 Å². The first kappa shape index (κ1) is 15.8. The van der Waals surface area contributed by atoms with E-state index >= 15 is 0 Å². The third-order valence-corrected chi connectivity index (χ3v) is 4.24. The second-order valence-corrected chi connectivity index (χ2v) is 6.06. The van der Waals surface area contributed by atoms with Gasteiger partial charge in [0.15, 0.2) is 0 Å². The molecule has 1 aromatic carbocycles. The highest BCUT2D eigenvalue weighted by Crippen LogP contribution is 2.33. The maximum absolute atomic E-state index is 12.1. The van der Waals surface area contributed by atoms with Gasteiger partial charge in [0, 0.05) is 23.2 Å². The molecule has 0 radical (unpaired) electrons. The molecule has 2 aromatic rings. The number of nitrogen functional groups attached to an aromatic ring is 1. The van der Waals surface area contributed by atoms with Gasteiger partial charge in [-0.1, -0.05) is 18.2 Å². The second-order valence-electron chi connectivity index (χ2n) is 5.01. The molecule has 0 aliphatic carbocycles. The smallest absolute Gasteiger partial charge is 0.263 e. The summed E-state index contributed by atoms with van der Waals surface area (Å²) < 4.78 is 6.47. The molecule has 0 saturated carbocycles. The van der Waals surface area contributed by atoms with Crippen LogP contribution >= 0.6 is 11.3 Å². The van der Waals surface area contributed by atoms with Crippen LogP contribution in [0.3, 0.4) is 0 Å². The summed E-state index contributed by atoms with van der Waals surface area (Å²) in [6, 6.07) is 7.77. The fraction of sp³-hybridized carbons (Fsp3) is 0.400. The fourth-order valence-corrected chi connectivity index (χ4v) is 2.94. The van der Waals surface area contributed by atoms with E-state index in [1.165, 1.54) is 11.3 Å². The number of fused-ring (bicyclic) bond motifs is 1. The van der Waals surface area contributed by atoms with Gasteiger partial charge in [-0.3, -0.25) is 4.79 Å². The second kappa shape index (κ2) is 7.40. The monoisotopic (exact) mass is 307 g/mol. The number of hydrogen-bond donors (Lipinski definition) is 2. The van der Waals surface area contributed by atoms with Crippen molar-refractivity contribution in [3.63, 3.8) is 0 Å². The van der Waals surface area contributed by atoms with E-state index in [1.54, 1.807) is 0 Å². The summed E-state index contributed by atoms with van der Waals surface area (Å²) in [4.78, 5) is 14.8. The molecule has 0 aliphatic rings. The lowest BCUT2D eigenvalue weighted by molar-refractivity contribution is 0.0904. The number of nitrogens with one attached hydrogen (secondary N) is 1. The van der Waals surface area contributed by atoms with E-state index in [2.05, 4.69) is 10.2 Å². The van der Waals surface area contributed by atoms with E-state index in [-0.39, 0.29) is 5.91 Å². The molecule has 114 valence electrons. The largest absolute Gasteiger partial charge is 0.397 e. The molecule has 5 nitrogen and oxygen atoms in total. The van der Waals surface area contributed by atoms with Crippen LogP contribution in [0.25, 0.3) is 10.1 Å². The quantitative estimate of drug-likeness (QED) is 0.765. The van der Waals surface area contributed by atoms with E-state index in [0.29, 0.717) is 30.3 Å². The summed E-state index contributed by atoms with van der Waals surface area (Å²) in [5, 5.41) is 3.78. The van der Waals surface area contributed by atoms with Crippen molar-refractivity contribution < 1.29 is 9.53 Å². The molecule has 3 N–H and O–H groups in total. The Hall–Kier alpha value is -1.63. The van der Waals surface area contributed by atoms with Crippen molar-refractivity contribution in [2.24, 2.45) is 0 Å². The van der Waals surface area contributed by atoms with Crippen molar-refractivity contribution in [2.75, 3.05) is 46.1 Å². The van der Waals surface area contributed by atoms with Crippen LogP contribution in [-0.4, -0.2) is 51.2 Å². The lowest BCUT2D eigenvalue weighted by Gasteiger charge is -2.10. The van der Waals surface area contributed by atoms with Crippen LogP contribution in [0.1, 0.15) is 9.67 Å². The Kier molecular flexibility index (Phi) is 5.55. The van der Waals surface area contributed by atoms with Crippen LogP contribution in [0.15, 0.2) is 24.3 Å². The number of benzene rings is 1. The molecular weight excluding hydrogens is 286 g/mol. The summed E-state index contributed by atoms with van der Waals surface area (Å²) in [6.45, 7) is 2.52. The first-order chi connectivity index (χ1) is 10.1. The molecule has 6 heteroatoms. The lowest BCUT2D eigenvalue weighted by atomic mass is 10.2. The van der Waals surface area contributed by atoms with Crippen molar-refractivity contribution in [2.45, 2.75) is 0 Å². The topological polar surface area (TPSA) is 67.6 Å². The van der Waals surface area contributed by atoms with Crippen molar-refractivity contribution >= 4 is 33.0 Å². The average Bonchev–Trinajstić information content (AvgIpc) is 2.80. The number of anilines is 1. The molecule has 0 bridgehead atoms. The number of rotatable bonds is 7. The van der Waals surface area contributed by atoms with Crippen molar-refractivity contribution in [3.05, 3.63) is 29.1 Å².